The third-order valence-electron chi connectivity index (χ3n) is 6.38. The van der Waals surface area contributed by atoms with Gasteiger partial charge in [-0.2, -0.15) is 0 Å². The van der Waals surface area contributed by atoms with Crippen LogP contribution in [0.1, 0.15) is 78.4 Å². The van der Waals surface area contributed by atoms with Gasteiger partial charge in [-0.1, -0.05) is 19.3 Å². The van der Waals surface area contributed by atoms with Crippen molar-refractivity contribution in [3.8, 4) is 0 Å². The van der Waals surface area contributed by atoms with E-state index in [2.05, 4.69) is 16.3 Å². The number of hydrogen-bond acceptors (Lipinski definition) is 4. The number of amides is 1. The van der Waals surface area contributed by atoms with Gasteiger partial charge in [0, 0.05) is 24.1 Å². The Bertz CT molecular complexity index is 605. The van der Waals surface area contributed by atoms with Gasteiger partial charge in [0.05, 0.1) is 17.0 Å². The Balaban J connectivity index is 1.44. The molecule has 1 amide bonds. The van der Waals surface area contributed by atoms with Crippen molar-refractivity contribution in [3.05, 3.63) is 21.9 Å². The van der Waals surface area contributed by atoms with Gasteiger partial charge in [0.25, 0.3) is 5.91 Å². The normalized spacial score (nSPS) is 26.7. The van der Waals surface area contributed by atoms with Crippen molar-refractivity contribution in [1.29, 1.82) is 0 Å². The molecular weight excluding hydrogens is 332 g/mol. The molecule has 0 spiro atoms. The number of carbonyl (C=O) groups excluding carboxylic acids is 1. The van der Waals surface area contributed by atoms with Crippen LogP contribution >= 0.6 is 11.3 Å². The van der Waals surface area contributed by atoms with Gasteiger partial charge in [-0.05, 0) is 57.2 Å². The van der Waals surface area contributed by atoms with Gasteiger partial charge >= 0.3 is 0 Å². The number of nitrogens with one attached hydrogen (secondary N) is 1. The van der Waals surface area contributed by atoms with E-state index in [-0.39, 0.29) is 11.4 Å². The van der Waals surface area contributed by atoms with Crippen molar-refractivity contribution in [2.75, 3.05) is 20.3 Å². The molecule has 1 aromatic rings. The summed E-state index contributed by atoms with van der Waals surface area (Å²) < 4.78 is 5.39. The standard InChI is InChI=1S/C20H30N2O2S/c1-24-14-20(11-2-3-12-20)21-19(23)18-10-9-17(25-18)16-8-5-13-22(16)15-6-4-7-15/h9-10,15-16H,2-8,11-14H2,1H3,(H,21,23). The van der Waals surface area contributed by atoms with Crippen LogP contribution in [0.4, 0.5) is 0 Å². The first-order valence-corrected chi connectivity index (χ1v) is 10.7. The van der Waals surface area contributed by atoms with E-state index >= 15 is 0 Å². The van der Waals surface area contributed by atoms with Crippen molar-refractivity contribution in [3.63, 3.8) is 0 Å². The predicted octanol–water partition coefficient (Wildman–Crippen LogP) is 4.13. The summed E-state index contributed by atoms with van der Waals surface area (Å²) in [4.78, 5) is 17.8. The Morgan fingerprint density at radius 1 is 1.24 bits per heavy atom. The Kier molecular flexibility index (Phi) is 5.16. The van der Waals surface area contributed by atoms with E-state index in [1.54, 1.807) is 18.4 Å². The molecular formula is C20H30N2O2S. The van der Waals surface area contributed by atoms with Crippen molar-refractivity contribution in [2.24, 2.45) is 0 Å². The highest BCUT2D eigenvalue weighted by molar-refractivity contribution is 7.14. The lowest BCUT2D eigenvalue weighted by Crippen LogP contribution is -2.49. The van der Waals surface area contributed by atoms with Crippen LogP contribution in [0.25, 0.3) is 0 Å². The van der Waals surface area contributed by atoms with E-state index in [1.165, 1.54) is 56.4 Å². The number of thiophene rings is 1. The van der Waals surface area contributed by atoms with Crippen LogP contribution in [0, 0.1) is 0 Å². The van der Waals surface area contributed by atoms with Gasteiger partial charge in [-0.3, -0.25) is 9.69 Å². The van der Waals surface area contributed by atoms with E-state index in [1.807, 2.05) is 6.07 Å². The predicted molar refractivity (Wildman–Crippen MR) is 101 cm³/mol. The van der Waals surface area contributed by atoms with Gasteiger partial charge in [0.2, 0.25) is 0 Å². The average molecular weight is 363 g/mol. The molecule has 1 N–H and O–H groups in total. The topological polar surface area (TPSA) is 41.6 Å². The molecule has 0 bridgehead atoms. The minimum atomic E-state index is -0.151. The Morgan fingerprint density at radius 3 is 2.72 bits per heavy atom. The summed E-state index contributed by atoms with van der Waals surface area (Å²) >= 11 is 1.70. The third-order valence-corrected chi connectivity index (χ3v) is 7.56. The van der Waals surface area contributed by atoms with Crippen molar-refractivity contribution >= 4 is 17.2 Å². The molecule has 2 aliphatic carbocycles. The second-order valence-electron chi connectivity index (χ2n) is 8.06. The molecule has 2 heterocycles. The zero-order chi connectivity index (χ0) is 17.3. The minimum absolute atomic E-state index is 0.0865. The molecule has 2 saturated carbocycles. The van der Waals surface area contributed by atoms with Crippen LogP contribution in [-0.2, 0) is 4.74 Å². The second-order valence-corrected chi connectivity index (χ2v) is 9.17. The summed E-state index contributed by atoms with van der Waals surface area (Å²) in [6.07, 6.45) is 11.0. The maximum Gasteiger partial charge on any atom is 0.261 e. The maximum absolute atomic E-state index is 12.8. The van der Waals surface area contributed by atoms with Crippen LogP contribution < -0.4 is 5.32 Å². The Hall–Kier alpha value is -0.910. The molecule has 138 valence electrons. The summed E-state index contributed by atoms with van der Waals surface area (Å²) in [5.74, 6) is 0.0865. The molecule has 25 heavy (non-hydrogen) atoms. The highest BCUT2D eigenvalue weighted by atomic mass is 32.1. The van der Waals surface area contributed by atoms with E-state index in [0.29, 0.717) is 12.6 Å². The highest BCUT2D eigenvalue weighted by Crippen LogP contribution is 2.41. The van der Waals surface area contributed by atoms with Gasteiger partial charge in [-0.15, -0.1) is 11.3 Å². The summed E-state index contributed by atoms with van der Waals surface area (Å²) in [5, 5.41) is 3.30. The van der Waals surface area contributed by atoms with E-state index in [4.69, 9.17) is 4.74 Å². The lowest BCUT2D eigenvalue weighted by atomic mass is 9.91. The Labute approximate surface area is 154 Å². The molecule has 4 nitrogen and oxygen atoms in total. The SMILES string of the molecule is COCC1(NC(=O)c2ccc(C3CCCN3C3CCC3)s2)CCCC1. The monoisotopic (exact) mass is 362 g/mol. The van der Waals surface area contributed by atoms with Crippen LogP contribution in [0.15, 0.2) is 12.1 Å². The third kappa shape index (κ3) is 3.51. The summed E-state index contributed by atoms with van der Waals surface area (Å²) in [6.45, 7) is 1.85. The summed E-state index contributed by atoms with van der Waals surface area (Å²) in [5.41, 5.74) is -0.151. The number of carbonyl (C=O) groups is 1. The lowest BCUT2D eigenvalue weighted by molar-refractivity contribution is 0.0771. The smallest absolute Gasteiger partial charge is 0.261 e. The van der Waals surface area contributed by atoms with Crippen molar-refractivity contribution in [2.45, 2.75) is 75.4 Å². The molecule has 1 saturated heterocycles. The van der Waals surface area contributed by atoms with Crippen LogP contribution in [-0.4, -0.2) is 42.6 Å². The van der Waals surface area contributed by atoms with Gasteiger partial charge in [0.1, 0.15) is 0 Å². The molecule has 1 aliphatic heterocycles. The van der Waals surface area contributed by atoms with E-state index in [9.17, 15) is 4.79 Å². The molecule has 1 unspecified atom stereocenters. The molecule has 3 fully saturated rings. The number of ether oxygens (including phenoxy) is 1. The molecule has 5 heteroatoms. The fourth-order valence-corrected chi connectivity index (χ4v) is 5.90. The Morgan fingerprint density at radius 2 is 2.04 bits per heavy atom. The van der Waals surface area contributed by atoms with E-state index in [0.717, 1.165) is 23.8 Å². The second kappa shape index (κ2) is 7.37. The highest BCUT2D eigenvalue weighted by Gasteiger charge is 2.37. The molecule has 3 aliphatic rings. The van der Waals surface area contributed by atoms with Gasteiger partial charge in [-0.25, -0.2) is 0 Å². The number of nitrogens with zero attached hydrogens (tertiary/aromatic N) is 1. The zero-order valence-corrected chi connectivity index (χ0v) is 16.1. The summed E-state index contributed by atoms with van der Waals surface area (Å²) in [7, 11) is 1.73. The van der Waals surface area contributed by atoms with Crippen LogP contribution in [0.2, 0.25) is 0 Å². The maximum atomic E-state index is 12.8. The number of methoxy groups -OCH3 is 1. The molecule has 4 rings (SSSR count). The van der Waals surface area contributed by atoms with Gasteiger partial charge in [0.15, 0.2) is 0 Å². The quantitative estimate of drug-likeness (QED) is 0.827. The van der Waals surface area contributed by atoms with E-state index < -0.39 is 0 Å². The molecule has 1 aromatic heterocycles. The minimum Gasteiger partial charge on any atom is -0.382 e. The number of hydrogen-bond donors (Lipinski definition) is 1. The van der Waals surface area contributed by atoms with Crippen LogP contribution in [0.5, 0.6) is 0 Å². The fraction of sp³-hybridized carbons (Fsp3) is 0.750. The zero-order valence-electron chi connectivity index (χ0n) is 15.3. The lowest BCUT2D eigenvalue weighted by Gasteiger charge is -2.38. The van der Waals surface area contributed by atoms with Gasteiger partial charge < -0.3 is 10.1 Å². The molecule has 0 aromatic carbocycles. The largest absolute Gasteiger partial charge is 0.382 e. The molecule has 0 radical (unpaired) electrons. The first kappa shape index (κ1) is 17.5. The first-order chi connectivity index (χ1) is 12.2. The van der Waals surface area contributed by atoms with Crippen LogP contribution in [0.3, 0.4) is 0 Å². The first-order valence-electron chi connectivity index (χ1n) is 9.88. The summed E-state index contributed by atoms with van der Waals surface area (Å²) in [6, 6.07) is 5.55. The van der Waals surface area contributed by atoms with Crippen molar-refractivity contribution < 1.29 is 9.53 Å². The van der Waals surface area contributed by atoms with Crippen molar-refractivity contribution in [1.82, 2.24) is 10.2 Å². The average Bonchev–Trinajstić information content (AvgIpc) is 3.25. The number of likely N-dealkylation sites (tertiary alicyclic amines) is 1. The molecule has 1 atom stereocenters. The number of rotatable bonds is 6. The fourth-order valence-electron chi connectivity index (χ4n) is 4.84.